The zero-order valence-corrected chi connectivity index (χ0v) is 12.7. The van der Waals surface area contributed by atoms with Crippen LogP contribution in [0.2, 0.25) is 0 Å². The first-order chi connectivity index (χ1) is 10.6. The number of hydrogen-bond donors (Lipinski definition) is 1. The maximum atomic E-state index is 12.5. The summed E-state index contributed by atoms with van der Waals surface area (Å²) in [5.74, 6) is -0.783. The number of carbonyl (C=O) groups excluding carboxylic acids is 1. The lowest BCUT2D eigenvalue weighted by atomic mass is 10.0. The summed E-state index contributed by atoms with van der Waals surface area (Å²) in [7, 11) is -3.90. The van der Waals surface area contributed by atoms with Gasteiger partial charge < -0.3 is 4.74 Å². The summed E-state index contributed by atoms with van der Waals surface area (Å²) in [6.07, 6.45) is 4.21. The van der Waals surface area contributed by atoms with Crippen LogP contribution in [0.15, 0.2) is 41.6 Å². The van der Waals surface area contributed by atoms with Gasteiger partial charge in [0.15, 0.2) is 0 Å². The maximum absolute atomic E-state index is 12.5. The van der Waals surface area contributed by atoms with Crippen LogP contribution in [0.1, 0.15) is 12.8 Å². The number of nitrogens with zero attached hydrogens (tertiary/aromatic N) is 1. The molecule has 1 aliphatic rings. The standard InChI is InChI=1S/C15H16N2O4S/c18-15(11-5-8-21-9-6-11)17-22(19,20)14-3-1-2-12-10-16-7-4-13(12)14/h1-4,7,10-11H,5-6,8-9H2,(H,17,18). The number of rotatable bonds is 3. The summed E-state index contributed by atoms with van der Waals surface area (Å²) in [4.78, 5) is 16.2. The molecular weight excluding hydrogens is 304 g/mol. The van der Waals surface area contributed by atoms with Gasteiger partial charge in [0.2, 0.25) is 5.91 Å². The third-order valence-corrected chi connectivity index (χ3v) is 5.16. The van der Waals surface area contributed by atoms with E-state index in [1.165, 1.54) is 12.3 Å². The van der Waals surface area contributed by atoms with Gasteiger partial charge in [-0.3, -0.25) is 9.78 Å². The first kappa shape index (κ1) is 14.9. The molecule has 6 nitrogen and oxygen atoms in total. The molecule has 1 aromatic carbocycles. The Morgan fingerprint density at radius 3 is 2.77 bits per heavy atom. The van der Waals surface area contributed by atoms with Crippen LogP contribution >= 0.6 is 0 Å². The van der Waals surface area contributed by atoms with Crippen molar-refractivity contribution in [2.75, 3.05) is 13.2 Å². The third kappa shape index (κ3) is 2.95. The average molecular weight is 320 g/mol. The molecule has 0 radical (unpaired) electrons. The first-order valence-corrected chi connectivity index (χ1v) is 8.53. The van der Waals surface area contributed by atoms with E-state index >= 15 is 0 Å². The number of pyridine rings is 1. The largest absolute Gasteiger partial charge is 0.381 e. The second-order valence-electron chi connectivity index (χ2n) is 5.21. The van der Waals surface area contributed by atoms with Crippen molar-refractivity contribution < 1.29 is 17.9 Å². The van der Waals surface area contributed by atoms with Gasteiger partial charge >= 0.3 is 0 Å². The molecule has 1 N–H and O–H groups in total. The molecular formula is C15H16N2O4S. The average Bonchev–Trinajstić information content (AvgIpc) is 2.54. The van der Waals surface area contributed by atoms with Crippen LogP contribution in [0, 0.1) is 5.92 Å². The smallest absolute Gasteiger partial charge is 0.264 e. The predicted octanol–water partition coefficient (Wildman–Crippen LogP) is 1.47. The van der Waals surface area contributed by atoms with E-state index < -0.39 is 15.9 Å². The van der Waals surface area contributed by atoms with Crippen LogP contribution in [0.3, 0.4) is 0 Å². The molecule has 22 heavy (non-hydrogen) atoms. The number of nitrogens with one attached hydrogen (secondary N) is 1. The topological polar surface area (TPSA) is 85.4 Å². The number of hydrogen-bond acceptors (Lipinski definition) is 5. The van der Waals surface area contributed by atoms with Crippen molar-refractivity contribution in [2.45, 2.75) is 17.7 Å². The molecule has 0 saturated carbocycles. The van der Waals surface area contributed by atoms with Gasteiger partial charge in [0.1, 0.15) is 0 Å². The Morgan fingerprint density at radius 2 is 2.00 bits per heavy atom. The highest BCUT2D eigenvalue weighted by molar-refractivity contribution is 7.90. The first-order valence-electron chi connectivity index (χ1n) is 7.05. The monoisotopic (exact) mass is 320 g/mol. The van der Waals surface area contributed by atoms with Gasteiger partial charge in [0.05, 0.1) is 4.90 Å². The summed E-state index contributed by atoms with van der Waals surface area (Å²) in [5.41, 5.74) is 0. The van der Waals surface area contributed by atoms with Gasteiger partial charge in [-0.15, -0.1) is 0 Å². The molecule has 116 valence electrons. The molecule has 7 heteroatoms. The Labute approximate surface area is 128 Å². The fourth-order valence-corrected chi connectivity index (χ4v) is 3.83. The van der Waals surface area contributed by atoms with E-state index in [0.717, 1.165) is 0 Å². The molecule has 0 aliphatic carbocycles. The SMILES string of the molecule is O=C(NS(=O)(=O)c1cccc2cnccc12)C1CCOCC1. The van der Waals surface area contributed by atoms with Crippen LogP contribution in [0.4, 0.5) is 0 Å². The van der Waals surface area contributed by atoms with Gasteiger partial charge in [0.25, 0.3) is 10.0 Å². The second-order valence-corrected chi connectivity index (χ2v) is 6.86. The number of aromatic nitrogens is 1. The Balaban J connectivity index is 1.90. The normalized spacial score (nSPS) is 16.5. The molecule has 0 bridgehead atoms. The Kier molecular flexibility index (Phi) is 4.08. The number of carbonyl (C=O) groups is 1. The molecule has 0 spiro atoms. The van der Waals surface area contributed by atoms with E-state index in [1.54, 1.807) is 24.4 Å². The predicted molar refractivity (Wildman–Crippen MR) is 80.6 cm³/mol. The van der Waals surface area contributed by atoms with Crippen molar-refractivity contribution >= 4 is 26.7 Å². The van der Waals surface area contributed by atoms with Crippen molar-refractivity contribution in [3.63, 3.8) is 0 Å². The van der Waals surface area contributed by atoms with E-state index in [9.17, 15) is 13.2 Å². The highest BCUT2D eigenvalue weighted by atomic mass is 32.2. The Bertz CT molecular complexity index is 793. The molecule has 3 rings (SSSR count). The van der Waals surface area contributed by atoms with Crippen molar-refractivity contribution in [1.29, 1.82) is 0 Å². The van der Waals surface area contributed by atoms with Crippen molar-refractivity contribution in [3.05, 3.63) is 36.7 Å². The fourth-order valence-electron chi connectivity index (χ4n) is 2.56. The van der Waals surface area contributed by atoms with Gasteiger partial charge in [-0.2, -0.15) is 0 Å². The maximum Gasteiger partial charge on any atom is 0.264 e. The molecule has 0 unspecified atom stereocenters. The summed E-state index contributed by atoms with van der Waals surface area (Å²) < 4.78 is 32.4. The Morgan fingerprint density at radius 1 is 1.23 bits per heavy atom. The Hall–Kier alpha value is -1.99. The zero-order chi connectivity index (χ0) is 15.6. The summed E-state index contributed by atoms with van der Waals surface area (Å²) in [6, 6.07) is 6.53. The van der Waals surface area contributed by atoms with Crippen LogP contribution in [-0.2, 0) is 19.6 Å². The van der Waals surface area contributed by atoms with Crippen molar-refractivity contribution in [1.82, 2.24) is 9.71 Å². The lowest BCUT2D eigenvalue weighted by molar-refractivity contribution is -0.125. The zero-order valence-electron chi connectivity index (χ0n) is 11.9. The van der Waals surface area contributed by atoms with Crippen LogP contribution < -0.4 is 4.72 Å². The van der Waals surface area contributed by atoms with Crippen LogP contribution in [-0.4, -0.2) is 32.5 Å². The number of fused-ring (bicyclic) bond motifs is 1. The molecule has 1 saturated heterocycles. The van der Waals surface area contributed by atoms with Crippen LogP contribution in [0.25, 0.3) is 10.8 Å². The van der Waals surface area contributed by atoms with E-state index in [-0.39, 0.29) is 10.8 Å². The molecule has 2 heterocycles. The van der Waals surface area contributed by atoms with Crippen LogP contribution in [0.5, 0.6) is 0 Å². The quantitative estimate of drug-likeness (QED) is 0.925. The minimum atomic E-state index is -3.90. The number of benzene rings is 1. The number of amides is 1. The second kappa shape index (κ2) is 6.02. The van der Waals surface area contributed by atoms with E-state index in [2.05, 4.69) is 9.71 Å². The van der Waals surface area contributed by atoms with Crippen molar-refractivity contribution in [2.24, 2.45) is 5.92 Å². The molecule has 0 atom stereocenters. The minimum Gasteiger partial charge on any atom is -0.381 e. The summed E-state index contributed by atoms with van der Waals surface area (Å²) in [6.45, 7) is 0.968. The number of ether oxygens (including phenoxy) is 1. The fraction of sp³-hybridized carbons (Fsp3) is 0.333. The lowest BCUT2D eigenvalue weighted by Gasteiger charge is -2.21. The molecule has 1 aliphatic heterocycles. The van der Waals surface area contributed by atoms with E-state index in [1.807, 2.05) is 0 Å². The lowest BCUT2D eigenvalue weighted by Crippen LogP contribution is -2.38. The van der Waals surface area contributed by atoms with Gasteiger partial charge in [-0.25, -0.2) is 13.1 Å². The van der Waals surface area contributed by atoms with E-state index in [0.29, 0.717) is 36.8 Å². The minimum absolute atomic E-state index is 0.0906. The number of sulfonamides is 1. The van der Waals surface area contributed by atoms with Gasteiger partial charge in [-0.05, 0) is 25.0 Å². The summed E-state index contributed by atoms with van der Waals surface area (Å²) in [5, 5.41) is 1.26. The molecule has 1 aromatic heterocycles. The van der Waals surface area contributed by atoms with Gasteiger partial charge in [-0.1, -0.05) is 12.1 Å². The molecule has 1 fully saturated rings. The highest BCUT2D eigenvalue weighted by Crippen LogP contribution is 2.23. The van der Waals surface area contributed by atoms with E-state index in [4.69, 9.17) is 4.74 Å². The highest BCUT2D eigenvalue weighted by Gasteiger charge is 2.27. The summed E-state index contributed by atoms with van der Waals surface area (Å²) >= 11 is 0. The molecule has 2 aromatic rings. The van der Waals surface area contributed by atoms with Crippen molar-refractivity contribution in [3.8, 4) is 0 Å². The molecule has 1 amide bonds. The third-order valence-electron chi connectivity index (χ3n) is 3.76. The van der Waals surface area contributed by atoms with Gasteiger partial charge in [0, 0.05) is 42.3 Å².